The number of carboxylic acid groups (broad SMARTS) is 1. The SMILES string of the molecule is Cc1ccc(N(C)C(=O)[C@@H]2CC[C@H](C(=O)O)O2)cc1. The number of amides is 1. The Morgan fingerprint density at radius 3 is 2.32 bits per heavy atom. The van der Waals surface area contributed by atoms with Gasteiger partial charge < -0.3 is 14.7 Å². The lowest BCUT2D eigenvalue weighted by Gasteiger charge is -2.21. The zero-order valence-electron chi connectivity index (χ0n) is 11.0. The van der Waals surface area contributed by atoms with E-state index in [1.54, 1.807) is 7.05 Å². The first kappa shape index (κ1) is 13.5. The van der Waals surface area contributed by atoms with Gasteiger partial charge in [0.15, 0.2) is 6.10 Å². The quantitative estimate of drug-likeness (QED) is 0.899. The van der Waals surface area contributed by atoms with Gasteiger partial charge in [-0.15, -0.1) is 0 Å². The van der Waals surface area contributed by atoms with Crippen LogP contribution < -0.4 is 4.90 Å². The number of ether oxygens (including phenoxy) is 1. The van der Waals surface area contributed by atoms with Gasteiger partial charge in [-0.1, -0.05) is 17.7 Å². The van der Waals surface area contributed by atoms with Crippen LogP contribution in [0.1, 0.15) is 18.4 Å². The number of carboxylic acids is 1. The molecule has 1 aromatic carbocycles. The average Bonchev–Trinajstić information content (AvgIpc) is 2.87. The molecule has 0 radical (unpaired) electrons. The first-order valence-electron chi connectivity index (χ1n) is 6.21. The molecule has 0 unspecified atom stereocenters. The third kappa shape index (κ3) is 2.93. The van der Waals surface area contributed by atoms with Crippen LogP contribution in [-0.2, 0) is 14.3 Å². The van der Waals surface area contributed by atoms with Crippen molar-refractivity contribution in [2.75, 3.05) is 11.9 Å². The van der Waals surface area contributed by atoms with Crippen LogP contribution in [0.15, 0.2) is 24.3 Å². The molecule has 2 rings (SSSR count). The normalized spacial score (nSPS) is 22.2. The van der Waals surface area contributed by atoms with E-state index in [-0.39, 0.29) is 5.91 Å². The minimum absolute atomic E-state index is 0.201. The van der Waals surface area contributed by atoms with E-state index in [0.29, 0.717) is 12.8 Å². The lowest BCUT2D eigenvalue weighted by molar-refractivity contribution is -0.151. The Morgan fingerprint density at radius 2 is 1.79 bits per heavy atom. The van der Waals surface area contributed by atoms with E-state index in [1.807, 2.05) is 31.2 Å². The Hall–Kier alpha value is -1.88. The lowest BCUT2D eigenvalue weighted by Crippen LogP contribution is -2.37. The Morgan fingerprint density at radius 1 is 1.21 bits per heavy atom. The van der Waals surface area contributed by atoms with Crippen molar-refractivity contribution in [2.45, 2.75) is 32.0 Å². The van der Waals surface area contributed by atoms with Crippen molar-refractivity contribution in [2.24, 2.45) is 0 Å². The van der Waals surface area contributed by atoms with Gasteiger partial charge in [0.25, 0.3) is 5.91 Å². The molecule has 2 atom stereocenters. The standard InChI is InChI=1S/C14H17NO4/c1-9-3-5-10(6-4-9)15(2)13(16)11-7-8-12(19-11)14(17)18/h3-6,11-12H,7-8H2,1-2H3,(H,17,18)/t11-,12+/m0/s1. The number of hydrogen-bond donors (Lipinski definition) is 1. The van der Waals surface area contributed by atoms with E-state index in [1.165, 1.54) is 4.90 Å². The minimum atomic E-state index is -1.01. The largest absolute Gasteiger partial charge is 0.479 e. The number of nitrogens with zero attached hydrogens (tertiary/aromatic N) is 1. The number of aryl methyl sites for hydroxylation is 1. The summed E-state index contributed by atoms with van der Waals surface area (Å²) in [6, 6.07) is 7.57. The molecule has 1 aromatic rings. The number of likely N-dealkylation sites (N-methyl/N-ethyl adjacent to an activating group) is 1. The maximum atomic E-state index is 12.2. The predicted octanol–water partition coefficient (Wildman–Crippen LogP) is 1.59. The zero-order chi connectivity index (χ0) is 14.0. The summed E-state index contributed by atoms with van der Waals surface area (Å²) in [7, 11) is 1.67. The molecule has 5 heteroatoms. The van der Waals surface area contributed by atoms with Crippen LogP contribution in [0, 0.1) is 6.92 Å². The molecule has 1 fully saturated rings. The maximum Gasteiger partial charge on any atom is 0.332 e. The summed E-state index contributed by atoms with van der Waals surface area (Å²) in [6.45, 7) is 1.98. The van der Waals surface area contributed by atoms with Crippen molar-refractivity contribution in [1.82, 2.24) is 0 Å². The molecule has 0 aliphatic carbocycles. The highest BCUT2D eigenvalue weighted by Crippen LogP contribution is 2.23. The molecule has 1 aliphatic heterocycles. The third-order valence-corrected chi connectivity index (χ3v) is 3.32. The van der Waals surface area contributed by atoms with E-state index >= 15 is 0 Å². The highest BCUT2D eigenvalue weighted by Gasteiger charge is 2.36. The van der Waals surface area contributed by atoms with E-state index in [2.05, 4.69) is 0 Å². The summed E-state index contributed by atoms with van der Waals surface area (Å²) in [5, 5.41) is 8.85. The van der Waals surface area contributed by atoms with Crippen LogP contribution in [0.2, 0.25) is 0 Å². The van der Waals surface area contributed by atoms with Crippen LogP contribution in [0.3, 0.4) is 0 Å². The molecule has 5 nitrogen and oxygen atoms in total. The van der Waals surface area contributed by atoms with Crippen LogP contribution >= 0.6 is 0 Å². The fraction of sp³-hybridized carbons (Fsp3) is 0.429. The van der Waals surface area contributed by atoms with E-state index < -0.39 is 18.2 Å². The number of carbonyl (C=O) groups is 2. The number of anilines is 1. The molecular weight excluding hydrogens is 246 g/mol. The molecule has 1 aliphatic rings. The first-order chi connectivity index (χ1) is 8.99. The fourth-order valence-electron chi connectivity index (χ4n) is 2.11. The van der Waals surface area contributed by atoms with Crippen molar-refractivity contribution >= 4 is 17.6 Å². The molecule has 0 bridgehead atoms. The van der Waals surface area contributed by atoms with Crippen molar-refractivity contribution < 1.29 is 19.4 Å². The number of rotatable bonds is 3. The van der Waals surface area contributed by atoms with Crippen molar-refractivity contribution in [3.63, 3.8) is 0 Å². The molecule has 1 saturated heterocycles. The molecule has 102 valence electrons. The lowest BCUT2D eigenvalue weighted by atomic mass is 10.1. The smallest absolute Gasteiger partial charge is 0.332 e. The second kappa shape index (κ2) is 5.40. The topological polar surface area (TPSA) is 66.8 Å². The predicted molar refractivity (Wildman–Crippen MR) is 70.1 cm³/mol. The average molecular weight is 263 g/mol. The Labute approximate surface area is 111 Å². The van der Waals surface area contributed by atoms with Crippen LogP contribution in [-0.4, -0.2) is 36.2 Å². The summed E-state index contributed by atoms with van der Waals surface area (Å²) in [5.74, 6) is -1.21. The molecule has 1 heterocycles. The summed E-state index contributed by atoms with van der Waals surface area (Å²) >= 11 is 0. The summed E-state index contributed by atoms with van der Waals surface area (Å²) in [6.07, 6.45) is -0.688. The molecule has 1 amide bonds. The van der Waals surface area contributed by atoms with Gasteiger partial charge in [0.05, 0.1) is 0 Å². The highest BCUT2D eigenvalue weighted by molar-refractivity contribution is 5.96. The molecular formula is C14H17NO4. The second-order valence-corrected chi connectivity index (χ2v) is 4.76. The van der Waals surface area contributed by atoms with Crippen LogP contribution in [0.4, 0.5) is 5.69 Å². The highest BCUT2D eigenvalue weighted by atomic mass is 16.5. The van der Waals surface area contributed by atoms with Gasteiger partial charge in [-0.05, 0) is 31.9 Å². The fourth-order valence-corrected chi connectivity index (χ4v) is 2.11. The molecule has 19 heavy (non-hydrogen) atoms. The van der Waals surface area contributed by atoms with Gasteiger partial charge in [-0.3, -0.25) is 4.79 Å². The molecule has 0 spiro atoms. The minimum Gasteiger partial charge on any atom is -0.479 e. The monoisotopic (exact) mass is 263 g/mol. The molecule has 0 saturated carbocycles. The first-order valence-corrected chi connectivity index (χ1v) is 6.21. The summed E-state index contributed by atoms with van der Waals surface area (Å²) < 4.78 is 5.26. The Balaban J connectivity index is 2.04. The Kier molecular flexibility index (Phi) is 3.85. The zero-order valence-corrected chi connectivity index (χ0v) is 11.0. The second-order valence-electron chi connectivity index (χ2n) is 4.76. The van der Waals surface area contributed by atoms with E-state index in [9.17, 15) is 9.59 Å². The number of benzene rings is 1. The summed E-state index contributed by atoms with van der Waals surface area (Å²) in [5.41, 5.74) is 1.89. The van der Waals surface area contributed by atoms with Gasteiger partial charge in [0.2, 0.25) is 0 Å². The summed E-state index contributed by atoms with van der Waals surface area (Å²) in [4.78, 5) is 24.5. The van der Waals surface area contributed by atoms with Gasteiger partial charge >= 0.3 is 5.97 Å². The van der Waals surface area contributed by atoms with Gasteiger partial charge in [-0.2, -0.15) is 0 Å². The van der Waals surface area contributed by atoms with Crippen LogP contribution in [0.5, 0.6) is 0 Å². The van der Waals surface area contributed by atoms with Crippen molar-refractivity contribution in [3.05, 3.63) is 29.8 Å². The van der Waals surface area contributed by atoms with Crippen molar-refractivity contribution in [3.8, 4) is 0 Å². The Bertz CT molecular complexity index is 483. The van der Waals surface area contributed by atoms with E-state index in [0.717, 1.165) is 11.3 Å². The van der Waals surface area contributed by atoms with Crippen molar-refractivity contribution in [1.29, 1.82) is 0 Å². The number of carbonyl (C=O) groups excluding carboxylic acids is 1. The number of hydrogen-bond acceptors (Lipinski definition) is 3. The molecule has 1 N–H and O–H groups in total. The van der Waals surface area contributed by atoms with Gasteiger partial charge in [0.1, 0.15) is 6.10 Å². The van der Waals surface area contributed by atoms with Gasteiger partial charge in [0, 0.05) is 12.7 Å². The third-order valence-electron chi connectivity index (χ3n) is 3.32. The molecule has 0 aromatic heterocycles. The number of aliphatic carboxylic acids is 1. The van der Waals surface area contributed by atoms with E-state index in [4.69, 9.17) is 9.84 Å². The van der Waals surface area contributed by atoms with Crippen LogP contribution in [0.25, 0.3) is 0 Å². The van der Waals surface area contributed by atoms with Gasteiger partial charge in [-0.25, -0.2) is 4.79 Å². The maximum absolute atomic E-state index is 12.2.